The number of likely N-dealkylation sites (N-methyl/N-ethyl adjacent to an activating group) is 1. The van der Waals surface area contributed by atoms with E-state index in [9.17, 15) is 4.79 Å². The number of nitrogens with one attached hydrogen (secondary N) is 2. The van der Waals surface area contributed by atoms with Crippen molar-refractivity contribution in [3.8, 4) is 5.69 Å². The van der Waals surface area contributed by atoms with Crippen molar-refractivity contribution in [2.45, 2.75) is 19.9 Å². The summed E-state index contributed by atoms with van der Waals surface area (Å²) in [4.78, 5) is 11.8. The maximum Gasteiger partial charge on any atom is 0.234 e. The Morgan fingerprint density at radius 3 is 2.75 bits per heavy atom. The quantitative estimate of drug-likeness (QED) is 0.759. The molecule has 24 heavy (non-hydrogen) atoms. The van der Waals surface area contributed by atoms with Crippen molar-refractivity contribution in [3.05, 3.63) is 59.9 Å². The summed E-state index contributed by atoms with van der Waals surface area (Å²) in [6, 6.07) is 14.4. The zero-order valence-electron chi connectivity index (χ0n) is 14.2. The molecule has 0 unspecified atom stereocenters. The predicted molar refractivity (Wildman–Crippen MR) is 96.3 cm³/mol. The summed E-state index contributed by atoms with van der Waals surface area (Å²) in [5.74, 6) is -0.0256. The molecule has 3 aromatic rings. The molecular weight excluding hydrogens is 300 g/mol. The first-order valence-electron chi connectivity index (χ1n) is 8.08. The van der Waals surface area contributed by atoms with E-state index in [-0.39, 0.29) is 11.9 Å². The molecule has 1 atom stereocenters. The van der Waals surface area contributed by atoms with Crippen LogP contribution in [0.5, 0.6) is 0 Å². The summed E-state index contributed by atoms with van der Waals surface area (Å²) in [5, 5.41) is 12.7. The Bertz CT molecular complexity index is 863. The molecule has 0 aliphatic heterocycles. The Balaban J connectivity index is 1.96. The van der Waals surface area contributed by atoms with E-state index in [4.69, 9.17) is 0 Å². The highest BCUT2D eigenvalue weighted by molar-refractivity contribution is 5.90. The van der Waals surface area contributed by atoms with Gasteiger partial charge in [0, 0.05) is 16.6 Å². The maximum absolute atomic E-state index is 11.8. The summed E-state index contributed by atoms with van der Waals surface area (Å²) < 4.78 is 1.94. The average Bonchev–Trinajstić information content (AvgIpc) is 2.96. The van der Waals surface area contributed by atoms with E-state index in [0.29, 0.717) is 6.54 Å². The molecule has 3 rings (SSSR count). The second kappa shape index (κ2) is 6.84. The topological polar surface area (TPSA) is 59.0 Å². The smallest absolute Gasteiger partial charge is 0.234 e. The van der Waals surface area contributed by atoms with E-state index in [1.54, 1.807) is 7.05 Å². The molecule has 1 amide bonds. The van der Waals surface area contributed by atoms with E-state index in [1.165, 1.54) is 5.39 Å². The van der Waals surface area contributed by atoms with Gasteiger partial charge >= 0.3 is 0 Å². The molecule has 1 aromatic heterocycles. The first-order chi connectivity index (χ1) is 11.6. The normalized spacial score (nSPS) is 12.3. The van der Waals surface area contributed by atoms with E-state index >= 15 is 0 Å². The van der Waals surface area contributed by atoms with Crippen molar-refractivity contribution in [1.29, 1.82) is 0 Å². The van der Waals surface area contributed by atoms with Crippen molar-refractivity contribution in [2.24, 2.45) is 0 Å². The fourth-order valence-corrected chi connectivity index (χ4v) is 3.01. The predicted octanol–water partition coefficient (Wildman–Crippen LogP) is 2.73. The van der Waals surface area contributed by atoms with Crippen LogP contribution >= 0.6 is 0 Å². The number of rotatable bonds is 5. The third-order valence-electron chi connectivity index (χ3n) is 4.22. The molecule has 5 heteroatoms. The third kappa shape index (κ3) is 3.03. The molecule has 0 bridgehead atoms. The number of carbonyl (C=O) groups excluding carboxylic acids is 1. The van der Waals surface area contributed by atoms with Crippen molar-refractivity contribution in [2.75, 3.05) is 13.6 Å². The van der Waals surface area contributed by atoms with Gasteiger partial charge in [-0.2, -0.15) is 5.10 Å². The Morgan fingerprint density at radius 1 is 1.21 bits per heavy atom. The zero-order valence-corrected chi connectivity index (χ0v) is 14.2. The summed E-state index contributed by atoms with van der Waals surface area (Å²) in [7, 11) is 1.76. The zero-order chi connectivity index (χ0) is 17.1. The van der Waals surface area contributed by atoms with Gasteiger partial charge in [-0.1, -0.05) is 36.4 Å². The fourth-order valence-electron chi connectivity index (χ4n) is 3.01. The third-order valence-corrected chi connectivity index (χ3v) is 4.22. The molecule has 1 heterocycles. The number of nitrogens with zero attached hydrogens (tertiary/aromatic N) is 2. The molecule has 0 spiro atoms. The highest BCUT2D eigenvalue weighted by Crippen LogP contribution is 2.25. The lowest BCUT2D eigenvalue weighted by molar-refractivity contribution is -0.120. The van der Waals surface area contributed by atoms with Gasteiger partial charge in [0.2, 0.25) is 5.91 Å². The van der Waals surface area contributed by atoms with Crippen LogP contribution in [0.1, 0.15) is 24.2 Å². The van der Waals surface area contributed by atoms with E-state index in [2.05, 4.69) is 40.0 Å². The van der Waals surface area contributed by atoms with Gasteiger partial charge in [-0.3, -0.25) is 4.79 Å². The second-order valence-electron chi connectivity index (χ2n) is 5.91. The van der Waals surface area contributed by atoms with Crippen LogP contribution in [0.25, 0.3) is 16.5 Å². The van der Waals surface area contributed by atoms with Gasteiger partial charge in [-0.05, 0) is 32.3 Å². The molecule has 0 saturated heterocycles. The van der Waals surface area contributed by atoms with E-state index < -0.39 is 0 Å². The summed E-state index contributed by atoms with van der Waals surface area (Å²) in [5.41, 5.74) is 3.10. The van der Waals surface area contributed by atoms with E-state index in [1.807, 2.05) is 42.9 Å². The largest absolute Gasteiger partial charge is 0.348 e. The van der Waals surface area contributed by atoms with Crippen molar-refractivity contribution in [1.82, 2.24) is 20.4 Å². The number of benzene rings is 2. The molecule has 0 saturated carbocycles. The highest BCUT2D eigenvalue weighted by Gasteiger charge is 2.16. The molecule has 0 fully saturated rings. The van der Waals surface area contributed by atoms with Crippen LogP contribution < -0.4 is 10.6 Å². The SMILES string of the molecule is CNCC(=O)N[C@H](C)c1cnn(-c2cccc3ccccc23)c1C. The molecular formula is C19H22N4O. The molecule has 0 radical (unpaired) electrons. The summed E-state index contributed by atoms with van der Waals surface area (Å²) >= 11 is 0. The molecule has 2 N–H and O–H groups in total. The van der Waals surface area contributed by atoms with Crippen LogP contribution in [0.15, 0.2) is 48.7 Å². The van der Waals surface area contributed by atoms with Gasteiger partial charge in [-0.15, -0.1) is 0 Å². The molecule has 0 aliphatic rings. The monoisotopic (exact) mass is 322 g/mol. The minimum atomic E-state index is -0.0884. The van der Waals surface area contributed by atoms with Crippen LogP contribution in [0.3, 0.4) is 0 Å². The summed E-state index contributed by atoms with van der Waals surface area (Å²) in [6.07, 6.45) is 1.83. The number of amides is 1. The second-order valence-corrected chi connectivity index (χ2v) is 5.91. The lowest BCUT2D eigenvalue weighted by atomic mass is 10.1. The minimum Gasteiger partial charge on any atom is -0.348 e. The lowest BCUT2D eigenvalue weighted by Gasteiger charge is -2.14. The van der Waals surface area contributed by atoms with Gasteiger partial charge in [0.05, 0.1) is 24.5 Å². The molecule has 0 aliphatic carbocycles. The number of fused-ring (bicyclic) bond motifs is 1. The van der Waals surface area contributed by atoms with Crippen LogP contribution in [0.2, 0.25) is 0 Å². The Hall–Kier alpha value is -2.66. The van der Waals surface area contributed by atoms with Crippen LogP contribution in [0.4, 0.5) is 0 Å². The molecule has 124 valence electrons. The van der Waals surface area contributed by atoms with Gasteiger partial charge in [0.15, 0.2) is 0 Å². The first kappa shape index (κ1) is 16.2. The maximum atomic E-state index is 11.8. The van der Waals surface area contributed by atoms with Crippen molar-refractivity contribution in [3.63, 3.8) is 0 Å². The van der Waals surface area contributed by atoms with Crippen LogP contribution in [0, 0.1) is 6.92 Å². The molecule has 5 nitrogen and oxygen atoms in total. The van der Waals surface area contributed by atoms with Gasteiger partial charge in [0.1, 0.15) is 0 Å². The van der Waals surface area contributed by atoms with Crippen LogP contribution in [-0.4, -0.2) is 29.3 Å². The summed E-state index contributed by atoms with van der Waals surface area (Å²) in [6.45, 7) is 4.32. The minimum absolute atomic E-state index is 0.0256. The fraction of sp³-hybridized carbons (Fsp3) is 0.263. The molecule has 2 aromatic carbocycles. The average molecular weight is 322 g/mol. The first-order valence-corrected chi connectivity index (χ1v) is 8.08. The van der Waals surface area contributed by atoms with Gasteiger partial charge in [0.25, 0.3) is 0 Å². The number of hydrogen-bond acceptors (Lipinski definition) is 3. The number of aromatic nitrogens is 2. The van der Waals surface area contributed by atoms with Gasteiger partial charge in [-0.25, -0.2) is 4.68 Å². The van der Waals surface area contributed by atoms with Crippen molar-refractivity contribution >= 4 is 16.7 Å². The van der Waals surface area contributed by atoms with Crippen LogP contribution in [-0.2, 0) is 4.79 Å². The number of carbonyl (C=O) groups is 1. The lowest BCUT2D eigenvalue weighted by Crippen LogP contribution is -2.34. The Labute approximate surface area is 141 Å². The Kier molecular flexibility index (Phi) is 4.62. The number of hydrogen-bond donors (Lipinski definition) is 2. The van der Waals surface area contributed by atoms with Gasteiger partial charge < -0.3 is 10.6 Å². The highest BCUT2D eigenvalue weighted by atomic mass is 16.1. The Morgan fingerprint density at radius 2 is 1.96 bits per heavy atom. The van der Waals surface area contributed by atoms with Crippen molar-refractivity contribution < 1.29 is 4.79 Å². The van der Waals surface area contributed by atoms with E-state index in [0.717, 1.165) is 22.3 Å². The standard InChI is InChI=1S/C19H22N4O/c1-13(22-19(24)12-20-3)17-11-21-23(14(17)2)18-10-6-8-15-7-4-5-9-16(15)18/h4-11,13,20H,12H2,1-3H3,(H,22,24)/t13-/m1/s1.